The van der Waals surface area contributed by atoms with E-state index < -0.39 is 11.9 Å². The summed E-state index contributed by atoms with van der Waals surface area (Å²) in [6.45, 7) is 7.26. The third-order valence-electron chi connectivity index (χ3n) is 4.81. The third kappa shape index (κ3) is 4.45. The second-order valence-corrected chi connectivity index (χ2v) is 8.15. The second-order valence-electron chi connectivity index (χ2n) is 7.22. The number of Topliss-reactive ketones (excluding diaryl/α,β-unsaturated/α-hetero) is 1. The summed E-state index contributed by atoms with van der Waals surface area (Å²) < 4.78 is 31.9. The van der Waals surface area contributed by atoms with E-state index in [9.17, 15) is 9.18 Å². The maximum Gasteiger partial charge on any atom is 0.277 e. The Labute approximate surface area is 187 Å². The molecule has 0 radical (unpaired) electrons. The largest absolute Gasteiger partial charge is 0.478 e. The number of hydrogen-bond acceptors (Lipinski definition) is 8. The van der Waals surface area contributed by atoms with Crippen LogP contribution in [0.25, 0.3) is 5.82 Å². The predicted octanol–water partition coefficient (Wildman–Crippen LogP) is 5.03. The van der Waals surface area contributed by atoms with Gasteiger partial charge < -0.3 is 13.7 Å². The van der Waals surface area contributed by atoms with Crippen LogP contribution in [0.4, 0.5) is 4.39 Å². The monoisotopic (exact) mass is 456 g/mol. The van der Waals surface area contributed by atoms with Crippen molar-refractivity contribution in [2.45, 2.75) is 39.0 Å². The molecule has 0 saturated carbocycles. The summed E-state index contributed by atoms with van der Waals surface area (Å²) in [5, 5.41) is 12.2. The summed E-state index contributed by atoms with van der Waals surface area (Å²) in [4.78, 5) is 12.8. The van der Waals surface area contributed by atoms with Crippen LogP contribution in [-0.2, 0) is 0 Å². The number of thioether (sulfide) groups is 1. The fourth-order valence-electron chi connectivity index (χ4n) is 3.29. The standard InChI is InChI=1S/C22H21FN4O4S/c1-12-9-16(14(3)27(12)20-10-13(2)31-26-20)18(28)11-32-22-25-24-21(30-22)15(4)29-19-8-6-5-7-17(19)23/h5-10,15H,11H2,1-4H3/t15-/m1/s1. The number of halogens is 1. The molecule has 3 heterocycles. The number of para-hydroxylation sites is 1. The van der Waals surface area contributed by atoms with Gasteiger partial charge in [0.25, 0.3) is 11.1 Å². The summed E-state index contributed by atoms with van der Waals surface area (Å²) >= 11 is 1.13. The number of nitrogens with zero attached hydrogens (tertiary/aromatic N) is 4. The van der Waals surface area contributed by atoms with E-state index in [4.69, 9.17) is 13.7 Å². The molecule has 0 aliphatic carbocycles. The Hall–Kier alpha value is -3.40. The molecule has 1 atom stereocenters. The maximum atomic E-state index is 13.8. The Kier molecular flexibility index (Phi) is 6.13. The summed E-state index contributed by atoms with van der Waals surface area (Å²) in [6, 6.07) is 9.72. The zero-order chi connectivity index (χ0) is 22.8. The van der Waals surface area contributed by atoms with E-state index in [1.165, 1.54) is 12.1 Å². The molecule has 0 bridgehead atoms. The van der Waals surface area contributed by atoms with Crippen molar-refractivity contribution in [3.05, 3.63) is 70.8 Å². The van der Waals surface area contributed by atoms with Gasteiger partial charge >= 0.3 is 0 Å². The lowest BCUT2D eigenvalue weighted by Gasteiger charge is -2.11. The van der Waals surface area contributed by atoms with Gasteiger partial charge in [0.2, 0.25) is 0 Å². The van der Waals surface area contributed by atoms with Gasteiger partial charge in [0.05, 0.1) is 5.75 Å². The number of carbonyl (C=O) groups excluding carboxylic acids is 1. The molecule has 3 aromatic heterocycles. The highest BCUT2D eigenvalue weighted by Gasteiger charge is 2.21. The first-order chi connectivity index (χ1) is 15.3. The minimum absolute atomic E-state index is 0.0787. The number of aromatic nitrogens is 4. The highest BCUT2D eigenvalue weighted by atomic mass is 32.2. The molecule has 1 aromatic carbocycles. The SMILES string of the molecule is Cc1cc(-n2c(C)cc(C(=O)CSc3nnc([C@@H](C)Oc4ccccc4F)o3)c2C)no1. The molecule has 0 aliphatic rings. The normalized spacial score (nSPS) is 12.2. The average Bonchev–Trinajstić information content (AvgIpc) is 3.47. The van der Waals surface area contributed by atoms with Gasteiger partial charge in [-0.15, -0.1) is 10.2 Å². The minimum Gasteiger partial charge on any atom is -0.478 e. The van der Waals surface area contributed by atoms with E-state index >= 15 is 0 Å². The Morgan fingerprint density at radius 2 is 2.00 bits per heavy atom. The van der Waals surface area contributed by atoms with Gasteiger partial charge in [-0.1, -0.05) is 29.1 Å². The maximum absolute atomic E-state index is 13.8. The number of rotatable bonds is 8. The minimum atomic E-state index is -0.644. The first-order valence-electron chi connectivity index (χ1n) is 9.86. The van der Waals surface area contributed by atoms with Gasteiger partial charge in [-0.05, 0) is 45.9 Å². The summed E-state index contributed by atoms with van der Waals surface area (Å²) in [5.41, 5.74) is 2.24. The zero-order valence-corrected chi connectivity index (χ0v) is 18.8. The number of aryl methyl sites for hydroxylation is 2. The Bertz CT molecular complexity index is 1260. The molecule has 0 saturated heterocycles. The summed E-state index contributed by atoms with van der Waals surface area (Å²) in [5.74, 6) is 1.18. The molecule has 0 aliphatic heterocycles. The van der Waals surface area contributed by atoms with Crippen molar-refractivity contribution in [3.63, 3.8) is 0 Å². The quantitative estimate of drug-likeness (QED) is 0.269. The fraction of sp³-hybridized carbons (Fsp3) is 0.273. The van der Waals surface area contributed by atoms with Gasteiger partial charge in [-0.3, -0.25) is 9.36 Å². The lowest BCUT2D eigenvalue weighted by molar-refractivity contribution is 0.102. The van der Waals surface area contributed by atoms with Gasteiger partial charge in [0.15, 0.2) is 29.3 Å². The van der Waals surface area contributed by atoms with E-state index in [-0.39, 0.29) is 28.4 Å². The zero-order valence-electron chi connectivity index (χ0n) is 18.0. The van der Waals surface area contributed by atoms with Crippen molar-refractivity contribution in [2.75, 3.05) is 5.75 Å². The van der Waals surface area contributed by atoms with Crippen LogP contribution in [-0.4, -0.2) is 31.5 Å². The van der Waals surface area contributed by atoms with E-state index in [1.807, 2.05) is 37.5 Å². The van der Waals surface area contributed by atoms with E-state index in [1.54, 1.807) is 19.1 Å². The molecule has 4 aromatic rings. The first kappa shape index (κ1) is 21.8. The van der Waals surface area contributed by atoms with Gasteiger partial charge in [0.1, 0.15) is 5.76 Å². The van der Waals surface area contributed by atoms with Crippen LogP contribution in [0.3, 0.4) is 0 Å². The molecule has 4 rings (SSSR count). The van der Waals surface area contributed by atoms with Gasteiger partial charge in [-0.25, -0.2) is 4.39 Å². The van der Waals surface area contributed by atoms with Crippen LogP contribution in [0, 0.1) is 26.6 Å². The molecule has 10 heteroatoms. The molecule has 0 N–H and O–H groups in total. The molecular formula is C22H21FN4O4S. The van der Waals surface area contributed by atoms with Crippen molar-refractivity contribution in [2.24, 2.45) is 0 Å². The molecule has 32 heavy (non-hydrogen) atoms. The van der Waals surface area contributed by atoms with Crippen molar-refractivity contribution < 1.29 is 22.9 Å². The molecule has 0 unspecified atom stereocenters. The molecular weight excluding hydrogens is 435 g/mol. The molecule has 166 valence electrons. The van der Waals surface area contributed by atoms with Crippen molar-refractivity contribution >= 4 is 17.5 Å². The van der Waals surface area contributed by atoms with Crippen LogP contribution >= 0.6 is 11.8 Å². The first-order valence-corrected chi connectivity index (χ1v) is 10.8. The highest BCUT2D eigenvalue weighted by Crippen LogP contribution is 2.27. The number of carbonyl (C=O) groups is 1. The summed E-state index contributed by atoms with van der Waals surface area (Å²) in [6.07, 6.45) is -0.644. The smallest absolute Gasteiger partial charge is 0.277 e. The predicted molar refractivity (Wildman–Crippen MR) is 115 cm³/mol. The number of ether oxygens (including phenoxy) is 1. The third-order valence-corrected chi connectivity index (χ3v) is 5.63. The van der Waals surface area contributed by atoms with Crippen LogP contribution in [0.5, 0.6) is 5.75 Å². The second kappa shape index (κ2) is 8.99. The van der Waals surface area contributed by atoms with Gasteiger partial charge in [0, 0.05) is 23.0 Å². The number of benzene rings is 1. The van der Waals surface area contributed by atoms with Crippen LogP contribution in [0.15, 0.2) is 50.6 Å². The lowest BCUT2D eigenvalue weighted by Crippen LogP contribution is -2.05. The topological polar surface area (TPSA) is 96.2 Å². The van der Waals surface area contributed by atoms with E-state index in [0.717, 1.165) is 23.1 Å². The fourth-order valence-corrected chi connectivity index (χ4v) is 3.94. The molecule has 0 amide bonds. The molecule has 0 spiro atoms. The van der Waals surface area contributed by atoms with E-state index in [2.05, 4.69) is 15.4 Å². The van der Waals surface area contributed by atoms with Gasteiger partial charge in [-0.2, -0.15) is 0 Å². The van der Waals surface area contributed by atoms with Crippen molar-refractivity contribution in [1.29, 1.82) is 0 Å². The van der Waals surface area contributed by atoms with Crippen LogP contribution in [0.1, 0.15) is 46.4 Å². The Balaban J connectivity index is 1.41. The average molecular weight is 456 g/mol. The molecule has 0 fully saturated rings. The van der Waals surface area contributed by atoms with Crippen LogP contribution < -0.4 is 4.74 Å². The Morgan fingerprint density at radius 1 is 1.22 bits per heavy atom. The van der Waals surface area contributed by atoms with Crippen molar-refractivity contribution in [1.82, 2.24) is 19.9 Å². The lowest BCUT2D eigenvalue weighted by atomic mass is 10.2. The van der Waals surface area contributed by atoms with Crippen LogP contribution in [0.2, 0.25) is 0 Å². The van der Waals surface area contributed by atoms with E-state index in [0.29, 0.717) is 17.1 Å². The molecule has 8 nitrogen and oxygen atoms in total. The number of ketones is 1. The number of hydrogen-bond donors (Lipinski definition) is 0. The van der Waals surface area contributed by atoms with Crippen molar-refractivity contribution in [3.8, 4) is 11.6 Å². The Morgan fingerprint density at radius 3 is 2.72 bits per heavy atom. The highest BCUT2D eigenvalue weighted by molar-refractivity contribution is 7.99. The summed E-state index contributed by atoms with van der Waals surface area (Å²) in [7, 11) is 0.